The Hall–Kier alpha value is -2.92. The van der Waals surface area contributed by atoms with Crippen LogP contribution in [0.1, 0.15) is 48.3 Å². The number of carbonyl (C=O) groups is 1. The standard InChI is InChI=1S/C24H26F3N3O4S/c1-13(2)12-30-20-18(19(31)29(3)22(30)33)15(11-28-21(32)23(34)8-9-23)17(35-20)10-14-6-4-5-7-16(14)24(25,26)27/h4-7,13,34H,8-12H2,1-3H3,(H,28,32). The topological polar surface area (TPSA) is 93.3 Å². The van der Waals surface area contributed by atoms with E-state index >= 15 is 0 Å². The third kappa shape index (κ3) is 4.79. The van der Waals surface area contributed by atoms with Gasteiger partial charge < -0.3 is 10.4 Å². The van der Waals surface area contributed by atoms with Crippen LogP contribution in [0.4, 0.5) is 13.2 Å². The summed E-state index contributed by atoms with van der Waals surface area (Å²) < 4.78 is 43.4. The normalized spacial score (nSPS) is 15.1. The highest BCUT2D eigenvalue weighted by atomic mass is 32.1. The number of hydrogen-bond donors (Lipinski definition) is 2. The predicted octanol–water partition coefficient (Wildman–Crippen LogP) is 3.17. The van der Waals surface area contributed by atoms with Crippen molar-refractivity contribution in [3.05, 3.63) is 66.7 Å². The van der Waals surface area contributed by atoms with Gasteiger partial charge in [-0.25, -0.2) is 4.79 Å². The summed E-state index contributed by atoms with van der Waals surface area (Å²) in [6.45, 7) is 3.98. The number of fused-ring (bicyclic) bond motifs is 1. The van der Waals surface area contributed by atoms with Gasteiger partial charge in [0.15, 0.2) is 0 Å². The summed E-state index contributed by atoms with van der Waals surface area (Å²) in [4.78, 5) is 39.3. The van der Waals surface area contributed by atoms with Crippen LogP contribution < -0.4 is 16.6 Å². The highest BCUT2D eigenvalue weighted by Crippen LogP contribution is 2.37. The maximum Gasteiger partial charge on any atom is 0.416 e. The van der Waals surface area contributed by atoms with E-state index in [-0.39, 0.29) is 29.8 Å². The summed E-state index contributed by atoms with van der Waals surface area (Å²) in [7, 11) is 1.35. The molecular formula is C24H26F3N3O4S. The Labute approximate surface area is 202 Å². The van der Waals surface area contributed by atoms with E-state index in [4.69, 9.17) is 0 Å². The van der Waals surface area contributed by atoms with Crippen LogP contribution in [0.3, 0.4) is 0 Å². The van der Waals surface area contributed by atoms with E-state index in [0.717, 1.165) is 22.0 Å². The lowest BCUT2D eigenvalue weighted by atomic mass is 10.0. The minimum absolute atomic E-state index is 0.0227. The van der Waals surface area contributed by atoms with Crippen LogP contribution in [0.2, 0.25) is 0 Å². The molecule has 1 aromatic carbocycles. The Bertz CT molecular complexity index is 1410. The molecule has 0 aliphatic heterocycles. The zero-order chi connectivity index (χ0) is 25.7. The summed E-state index contributed by atoms with van der Waals surface area (Å²) in [5.41, 5.74) is -2.94. The zero-order valence-electron chi connectivity index (χ0n) is 19.5. The van der Waals surface area contributed by atoms with Gasteiger partial charge >= 0.3 is 11.9 Å². The first kappa shape index (κ1) is 25.2. The van der Waals surface area contributed by atoms with Crippen molar-refractivity contribution in [3.8, 4) is 0 Å². The third-order valence-corrected chi connectivity index (χ3v) is 7.40. The molecule has 0 atom stereocenters. The maximum atomic E-state index is 13.6. The molecule has 7 nitrogen and oxygen atoms in total. The van der Waals surface area contributed by atoms with Gasteiger partial charge in [0.05, 0.1) is 10.9 Å². The van der Waals surface area contributed by atoms with Crippen molar-refractivity contribution in [2.24, 2.45) is 13.0 Å². The lowest BCUT2D eigenvalue weighted by Gasteiger charge is -2.14. The highest BCUT2D eigenvalue weighted by molar-refractivity contribution is 7.18. The van der Waals surface area contributed by atoms with Crippen molar-refractivity contribution in [2.45, 2.75) is 58.0 Å². The predicted molar refractivity (Wildman–Crippen MR) is 126 cm³/mol. The molecule has 2 heterocycles. The number of thiophene rings is 1. The number of rotatable bonds is 7. The van der Waals surface area contributed by atoms with Crippen molar-refractivity contribution in [3.63, 3.8) is 0 Å². The number of carbonyl (C=O) groups excluding carboxylic acids is 1. The molecule has 1 amide bonds. The van der Waals surface area contributed by atoms with Crippen LogP contribution in [-0.4, -0.2) is 25.7 Å². The monoisotopic (exact) mass is 509 g/mol. The van der Waals surface area contributed by atoms with E-state index in [1.165, 1.54) is 29.8 Å². The van der Waals surface area contributed by atoms with Crippen molar-refractivity contribution in [1.29, 1.82) is 0 Å². The van der Waals surface area contributed by atoms with Gasteiger partial charge in [-0.2, -0.15) is 13.2 Å². The van der Waals surface area contributed by atoms with Crippen LogP contribution in [0.25, 0.3) is 10.2 Å². The van der Waals surface area contributed by atoms with E-state index < -0.39 is 34.5 Å². The molecule has 3 aromatic rings. The Morgan fingerprint density at radius 3 is 2.49 bits per heavy atom. The molecule has 1 aliphatic rings. The molecule has 0 unspecified atom stereocenters. The Morgan fingerprint density at radius 1 is 1.23 bits per heavy atom. The van der Waals surface area contributed by atoms with E-state index in [1.54, 1.807) is 0 Å². The molecule has 35 heavy (non-hydrogen) atoms. The fourth-order valence-electron chi connectivity index (χ4n) is 4.09. The van der Waals surface area contributed by atoms with Crippen molar-refractivity contribution in [1.82, 2.24) is 14.5 Å². The Balaban J connectivity index is 1.90. The fraction of sp³-hybridized carbons (Fsp3) is 0.458. The molecule has 2 aromatic heterocycles. The van der Waals surface area contributed by atoms with Crippen LogP contribution >= 0.6 is 11.3 Å². The summed E-state index contributed by atoms with van der Waals surface area (Å²) in [6, 6.07) is 5.20. The average Bonchev–Trinajstić information content (AvgIpc) is 3.44. The second-order valence-electron chi connectivity index (χ2n) is 9.38. The highest BCUT2D eigenvalue weighted by Gasteiger charge is 2.48. The van der Waals surface area contributed by atoms with Crippen LogP contribution in [-0.2, 0) is 37.5 Å². The Kier molecular flexibility index (Phi) is 6.43. The molecule has 1 fully saturated rings. The van der Waals surface area contributed by atoms with Crippen LogP contribution in [0.15, 0.2) is 33.9 Å². The number of amides is 1. The molecule has 11 heteroatoms. The number of halogens is 3. The third-order valence-electron chi connectivity index (χ3n) is 6.15. The van der Waals surface area contributed by atoms with E-state index in [2.05, 4.69) is 5.32 Å². The molecule has 1 aliphatic carbocycles. The van der Waals surface area contributed by atoms with Gasteiger partial charge in [-0.1, -0.05) is 32.0 Å². The average molecular weight is 510 g/mol. The summed E-state index contributed by atoms with van der Waals surface area (Å²) >= 11 is 1.09. The van der Waals surface area contributed by atoms with E-state index in [0.29, 0.717) is 34.7 Å². The lowest BCUT2D eigenvalue weighted by Crippen LogP contribution is -2.39. The number of alkyl halides is 3. The first-order valence-electron chi connectivity index (χ1n) is 11.2. The number of benzene rings is 1. The summed E-state index contributed by atoms with van der Waals surface area (Å²) in [6.07, 6.45) is -4.05. The molecule has 0 bridgehead atoms. The minimum Gasteiger partial charge on any atom is -0.380 e. The van der Waals surface area contributed by atoms with E-state index in [9.17, 15) is 32.7 Å². The molecule has 2 N–H and O–H groups in total. The van der Waals surface area contributed by atoms with Crippen molar-refractivity contribution in [2.75, 3.05) is 0 Å². The van der Waals surface area contributed by atoms with Gasteiger partial charge in [0, 0.05) is 37.0 Å². The smallest absolute Gasteiger partial charge is 0.380 e. The number of nitrogens with one attached hydrogen (secondary N) is 1. The SMILES string of the molecule is CC(C)Cn1c(=O)n(C)c(=O)c2c(CNC(=O)C3(O)CC3)c(Cc3ccccc3C(F)(F)F)sc21. The Morgan fingerprint density at radius 2 is 1.89 bits per heavy atom. The summed E-state index contributed by atoms with van der Waals surface area (Å²) in [5, 5.41) is 12.9. The molecule has 1 saturated carbocycles. The molecule has 0 spiro atoms. The van der Waals surface area contributed by atoms with Crippen molar-refractivity contribution < 1.29 is 23.1 Å². The van der Waals surface area contributed by atoms with Gasteiger partial charge in [-0.05, 0) is 30.4 Å². The van der Waals surface area contributed by atoms with Crippen LogP contribution in [0.5, 0.6) is 0 Å². The second-order valence-corrected chi connectivity index (χ2v) is 10.5. The van der Waals surface area contributed by atoms with Gasteiger partial charge in [0.2, 0.25) is 0 Å². The molecule has 0 radical (unpaired) electrons. The first-order chi connectivity index (χ1) is 16.3. The molecule has 0 saturated heterocycles. The molecule has 4 rings (SSSR count). The second kappa shape index (κ2) is 8.94. The van der Waals surface area contributed by atoms with Gasteiger partial charge in [-0.15, -0.1) is 11.3 Å². The number of nitrogens with zero attached hydrogens (tertiary/aromatic N) is 2. The molecular weight excluding hydrogens is 483 g/mol. The first-order valence-corrected chi connectivity index (χ1v) is 12.0. The largest absolute Gasteiger partial charge is 0.416 e. The quantitative estimate of drug-likeness (QED) is 0.512. The maximum absolute atomic E-state index is 13.6. The van der Waals surface area contributed by atoms with E-state index in [1.807, 2.05) is 13.8 Å². The number of hydrogen-bond acceptors (Lipinski definition) is 5. The fourth-order valence-corrected chi connectivity index (χ4v) is 5.42. The van der Waals surface area contributed by atoms with Gasteiger partial charge in [0.25, 0.3) is 11.5 Å². The summed E-state index contributed by atoms with van der Waals surface area (Å²) in [5.74, 6) is -0.525. The lowest BCUT2D eigenvalue weighted by molar-refractivity contribution is -0.138. The minimum atomic E-state index is -4.56. The number of aliphatic hydroxyl groups is 1. The van der Waals surface area contributed by atoms with Crippen molar-refractivity contribution >= 4 is 27.5 Å². The zero-order valence-corrected chi connectivity index (χ0v) is 20.3. The van der Waals surface area contributed by atoms with Gasteiger partial charge in [0.1, 0.15) is 10.4 Å². The molecule has 188 valence electrons. The van der Waals surface area contributed by atoms with Gasteiger partial charge in [-0.3, -0.25) is 18.7 Å². The number of aromatic nitrogens is 2. The van der Waals surface area contributed by atoms with Crippen LogP contribution in [0, 0.1) is 5.92 Å².